The molecule has 140 valence electrons. The van der Waals surface area contributed by atoms with E-state index in [1.54, 1.807) is 0 Å². The number of nitro groups is 1. The third-order valence-electron chi connectivity index (χ3n) is 4.18. The van der Waals surface area contributed by atoms with Crippen molar-refractivity contribution in [1.82, 2.24) is 10.3 Å². The van der Waals surface area contributed by atoms with Crippen molar-refractivity contribution in [2.45, 2.75) is 26.0 Å². The van der Waals surface area contributed by atoms with E-state index in [2.05, 4.69) is 10.3 Å². The Hall–Kier alpha value is -3.49. The molecule has 1 N–H and O–H groups in total. The molecule has 9 heteroatoms. The number of anilines is 1. The molecule has 0 aliphatic carbocycles. The Bertz CT molecular complexity index is 871. The van der Waals surface area contributed by atoms with E-state index >= 15 is 0 Å². The van der Waals surface area contributed by atoms with Gasteiger partial charge in [0.15, 0.2) is 0 Å². The lowest BCUT2D eigenvalue weighted by molar-refractivity contribution is -0.385. The molecule has 1 unspecified atom stereocenters. The zero-order valence-electron chi connectivity index (χ0n) is 14.6. The maximum atomic E-state index is 12.2. The van der Waals surface area contributed by atoms with Crippen molar-refractivity contribution in [3.05, 3.63) is 63.8 Å². The molecule has 1 fully saturated rings. The van der Waals surface area contributed by atoms with Crippen LogP contribution >= 0.6 is 0 Å². The van der Waals surface area contributed by atoms with Crippen LogP contribution in [0, 0.1) is 17.0 Å². The van der Waals surface area contributed by atoms with E-state index in [9.17, 15) is 19.7 Å². The molecular weight excluding hydrogens is 352 g/mol. The van der Waals surface area contributed by atoms with Crippen LogP contribution in [-0.4, -0.2) is 34.5 Å². The molecule has 1 atom stereocenters. The first-order chi connectivity index (χ1) is 12.9. The number of pyridine rings is 1. The molecular formula is C18H18N4O5. The van der Waals surface area contributed by atoms with Crippen molar-refractivity contribution in [1.29, 1.82) is 0 Å². The number of carbonyl (C=O) groups is 2. The van der Waals surface area contributed by atoms with Crippen LogP contribution in [0.25, 0.3) is 0 Å². The van der Waals surface area contributed by atoms with Gasteiger partial charge in [0, 0.05) is 19.0 Å². The third-order valence-corrected chi connectivity index (χ3v) is 4.18. The second-order valence-electron chi connectivity index (χ2n) is 6.14. The van der Waals surface area contributed by atoms with Crippen molar-refractivity contribution >= 4 is 23.5 Å². The fraction of sp³-hybridized carbons (Fsp3) is 0.278. The number of ether oxygens (including phenoxy) is 1. The van der Waals surface area contributed by atoms with Crippen LogP contribution in [0.5, 0.6) is 0 Å². The quantitative estimate of drug-likeness (QED) is 0.638. The first kappa shape index (κ1) is 18.3. The van der Waals surface area contributed by atoms with Gasteiger partial charge in [-0.05, 0) is 18.6 Å². The number of hydrogen-bond acceptors (Lipinski definition) is 6. The summed E-state index contributed by atoms with van der Waals surface area (Å²) in [7, 11) is 0. The van der Waals surface area contributed by atoms with Gasteiger partial charge in [-0.1, -0.05) is 30.3 Å². The second-order valence-corrected chi connectivity index (χ2v) is 6.14. The summed E-state index contributed by atoms with van der Waals surface area (Å²) in [5.41, 5.74) is 0.982. The predicted molar refractivity (Wildman–Crippen MR) is 96.1 cm³/mol. The smallest absolute Gasteiger partial charge is 0.407 e. The lowest BCUT2D eigenvalue weighted by Gasteiger charge is -2.16. The number of alkyl carbamates (subject to hydrolysis) is 1. The Morgan fingerprint density at radius 1 is 1.33 bits per heavy atom. The fourth-order valence-corrected chi connectivity index (χ4v) is 2.84. The molecule has 0 bridgehead atoms. The molecule has 1 aromatic heterocycles. The third kappa shape index (κ3) is 4.38. The summed E-state index contributed by atoms with van der Waals surface area (Å²) in [6.45, 7) is 1.88. The minimum Gasteiger partial charge on any atom is -0.445 e. The van der Waals surface area contributed by atoms with E-state index in [1.165, 1.54) is 24.0 Å². The molecule has 2 heterocycles. The highest BCUT2D eigenvalue weighted by molar-refractivity contribution is 5.95. The van der Waals surface area contributed by atoms with Crippen LogP contribution in [0.1, 0.15) is 17.7 Å². The monoisotopic (exact) mass is 370 g/mol. The average molecular weight is 370 g/mol. The summed E-state index contributed by atoms with van der Waals surface area (Å²) < 4.78 is 5.16. The van der Waals surface area contributed by atoms with Crippen LogP contribution in [0.4, 0.5) is 16.3 Å². The van der Waals surface area contributed by atoms with Gasteiger partial charge >= 0.3 is 6.09 Å². The Kier molecular flexibility index (Phi) is 5.30. The highest BCUT2D eigenvalue weighted by Crippen LogP contribution is 2.24. The van der Waals surface area contributed by atoms with E-state index in [0.29, 0.717) is 5.82 Å². The molecule has 9 nitrogen and oxygen atoms in total. The zero-order valence-corrected chi connectivity index (χ0v) is 14.6. The Morgan fingerprint density at radius 3 is 2.74 bits per heavy atom. The summed E-state index contributed by atoms with van der Waals surface area (Å²) in [6, 6.07) is 11.6. The highest BCUT2D eigenvalue weighted by Gasteiger charge is 2.33. The molecule has 0 saturated carbocycles. The zero-order chi connectivity index (χ0) is 19.4. The van der Waals surface area contributed by atoms with Gasteiger partial charge in [-0.25, -0.2) is 9.78 Å². The molecule has 27 heavy (non-hydrogen) atoms. The van der Waals surface area contributed by atoms with E-state index in [4.69, 9.17) is 4.74 Å². The molecule has 0 radical (unpaired) electrons. The van der Waals surface area contributed by atoms with Crippen LogP contribution in [-0.2, 0) is 16.1 Å². The summed E-state index contributed by atoms with van der Waals surface area (Å²) in [5, 5.41) is 13.5. The van der Waals surface area contributed by atoms with E-state index < -0.39 is 17.1 Å². The van der Waals surface area contributed by atoms with Crippen LogP contribution in [0.2, 0.25) is 0 Å². The lowest BCUT2D eigenvalue weighted by atomic mass is 10.2. The number of aromatic nitrogens is 1. The normalized spacial score (nSPS) is 16.3. The number of carbonyl (C=O) groups excluding carboxylic acids is 2. The molecule has 2 aromatic rings. The van der Waals surface area contributed by atoms with Gasteiger partial charge in [0.25, 0.3) is 5.69 Å². The number of nitrogens with zero attached hydrogens (tertiary/aromatic N) is 3. The molecule has 1 aliphatic rings. The number of rotatable bonds is 5. The molecule has 0 spiro atoms. The second kappa shape index (κ2) is 7.81. The topological polar surface area (TPSA) is 115 Å². The van der Waals surface area contributed by atoms with Crippen molar-refractivity contribution in [2.24, 2.45) is 0 Å². The van der Waals surface area contributed by atoms with Gasteiger partial charge in [0.05, 0.1) is 11.0 Å². The molecule has 2 amide bonds. The number of amides is 2. The lowest BCUT2D eigenvalue weighted by Crippen LogP contribution is -2.37. The summed E-state index contributed by atoms with van der Waals surface area (Å²) >= 11 is 0. The van der Waals surface area contributed by atoms with Crippen LogP contribution in [0.3, 0.4) is 0 Å². The minimum absolute atomic E-state index is 0.107. The van der Waals surface area contributed by atoms with Gasteiger partial charge in [-0.3, -0.25) is 19.8 Å². The van der Waals surface area contributed by atoms with Gasteiger partial charge in [0.2, 0.25) is 5.91 Å². The largest absolute Gasteiger partial charge is 0.445 e. The van der Waals surface area contributed by atoms with Gasteiger partial charge in [-0.2, -0.15) is 0 Å². The number of aryl methyl sites for hydroxylation is 1. The number of benzene rings is 1. The molecule has 1 saturated heterocycles. The summed E-state index contributed by atoms with van der Waals surface area (Å²) in [6.07, 6.45) is -0.496. The molecule has 1 aromatic carbocycles. The van der Waals surface area contributed by atoms with Gasteiger partial charge in [-0.15, -0.1) is 0 Å². The van der Waals surface area contributed by atoms with E-state index in [1.807, 2.05) is 30.3 Å². The van der Waals surface area contributed by atoms with E-state index in [0.717, 1.165) is 5.56 Å². The first-order valence-electron chi connectivity index (χ1n) is 8.33. The van der Waals surface area contributed by atoms with E-state index in [-0.39, 0.29) is 36.9 Å². The molecule has 3 rings (SSSR count). The maximum absolute atomic E-state index is 12.2. The van der Waals surface area contributed by atoms with Crippen LogP contribution in [0.15, 0.2) is 42.5 Å². The average Bonchev–Trinajstić information content (AvgIpc) is 3.00. The van der Waals surface area contributed by atoms with Crippen LogP contribution < -0.4 is 10.2 Å². The Morgan fingerprint density at radius 2 is 2.07 bits per heavy atom. The Labute approximate surface area is 155 Å². The van der Waals surface area contributed by atoms with Crippen molar-refractivity contribution in [2.75, 3.05) is 11.4 Å². The van der Waals surface area contributed by atoms with Crippen molar-refractivity contribution < 1.29 is 19.2 Å². The Balaban J connectivity index is 1.58. The maximum Gasteiger partial charge on any atom is 0.407 e. The first-order valence-corrected chi connectivity index (χ1v) is 8.33. The standard InChI is InChI=1S/C18H18N4O5/c1-12-15(22(25)26)7-8-16(19-12)21-10-14(9-17(21)23)20-18(24)27-11-13-5-3-2-4-6-13/h2-8,14H,9-11H2,1H3,(H,20,24). The highest BCUT2D eigenvalue weighted by atomic mass is 16.6. The predicted octanol–water partition coefficient (Wildman–Crippen LogP) is 2.33. The SMILES string of the molecule is Cc1nc(N2CC(NC(=O)OCc3ccccc3)CC2=O)ccc1[N+](=O)[O-]. The van der Waals surface area contributed by atoms with Crippen molar-refractivity contribution in [3.8, 4) is 0 Å². The summed E-state index contributed by atoms with van der Waals surface area (Å²) in [4.78, 5) is 40.1. The fourth-order valence-electron chi connectivity index (χ4n) is 2.84. The number of hydrogen-bond donors (Lipinski definition) is 1. The van der Waals surface area contributed by atoms with Gasteiger partial charge < -0.3 is 10.1 Å². The number of nitrogens with one attached hydrogen (secondary N) is 1. The van der Waals surface area contributed by atoms with Gasteiger partial charge in [0.1, 0.15) is 18.1 Å². The minimum atomic E-state index is -0.605. The summed E-state index contributed by atoms with van der Waals surface area (Å²) in [5.74, 6) is 0.106. The van der Waals surface area contributed by atoms with Crippen molar-refractivity contribution in [3.63, 3.8) is 0 Å². The molecule has 1 aliphatic heterocycles.